The molecule has 2 rings (SSSR count). The fraction of sp³-hybridized carbons (Fsp3) is 0.0833. The van der Waals surface area contributed by atoms with Crippen LogP contribution >= 0.6 is 23.1 Å². The molecule has 0 aliphatic carbocycles. The van der Waals surface area contributed by atoms with E-state index in [-0.39, 0.29) is 9.77 Å². The Labute approximate surface area is 124 Å². The van der Waals surface area contributed by atoms with Gasteiger partial charge in [-0.3, -0.25) is 0 Å². The maximum absolute atomic E-state index is 11.6. The van der Waals surface area contributed by atoms with Gasteiger partial charge in [-0.25, -0.2) is 17.9 Å². The third-order valence-electron chi connectivity index (χ3n) is 2.41. The van der Waals surface area contributed by atoms with Crippen molar-refractivity contribution in [1.82, 2.24) is 4.72 Å². The molecule has 106 valence electrons. The summed E-state index contributed by atoms with van der Waals surface area (Å²) in [6.07, 6.45) is 0. The van der Waals surface area contributed by atoms with Crippen LogP contribution in [0.25, 0.3) is 0 Å². The Kier molecular flexibility index (Phi) is 4.48. The van der Waals surface area contributed by atoms with E-state index in [9.17, 15) is 13.2 Å². The first kappa shape index (κ1) is 15.0. The summed E-state index contributed by atoms with van der Waals surface area (Å²) >= 11 is 2.55. The number of sulfonamides is 1. The van der Waals surface area contributed by atoms with Gasteiger partial charge in [-0.15, -0.1) is 11.3 Å². The number of benzene rings is 1. The molecule has 0 saturated carbocycles. The van der Waals surface area contributed by atoms with E-state index in [0.29, 0.717) is 0 Å². The molecule has 0 amide bonds. The summed E-state index contributed by atoms with van der Waals surface area (Å²) in [5.41, 5.74) is 0.221. The highest BCUT2D eigenvalue weighted by molar-refractivity contribution is 8.01. The molecular weight excluding hydrogens is 318 g/mol. The lowest BCUT2D eigenvalue weighted by atomic mass is 10.2. The van der Waals surface area contributed by atoms with Gasteiger partial charge in [0.25, 0.3) is 0 Å². The number of hydrogen-bond acceptors (Lipinski definition) is 5. The second-order valence-electron chi connectivity index (χ2n) is 3.71. The van der Waals surface area contributed by atoms with Crippen molar-refractivity contribution in [3.63, 3.8) is 0 Å². The zero-order valence-corrected chi connectivity index (χ0v) is 12.8. The maximum atomic E-state index is 11.6. The highest BCUT2D eigenvalue weighted by atomic mass is 32.3. The van der Waals surface area contributed by atoms with E-state index in [2.05, 4.69) is 4.72 Å². The summed E-state index contributed by atoms with van der Waals surface area (Å²) < 4.78 is 26.6. The predicted molar refractivity (Wildman–Crippen MR) is 78.1 cm³/mol. The molecule has 0 radical (unpaired) electrons. The summed E-state index contributed by atoms with van der Waals surface area (Å²) in [5, 5.41) is 8.81. The third-order valence-corrected chi connectivity index (χ3v) is 6.54. The Balaban J connectivity index is 2.17. The minimum absolute atomic E-state index is 0.221. The zero-order valence-electron chi connectivity index (χ0n) is 10.4. The molecular formula is C12H11NO4S3. The van der Waals surface area contributed by atoms with E-state index in [1.165, 1.54) is 42.3 Å². The van der Waals surface area contributed by atoms with Gasteiger partial charge in [0.2, 0.25) is 10.0 Å². The number of carbonyl (C=O) groups is 1. The highest BCUT2D eigenvalue weighted by Gasteiger charge is 2.14. The van der Waals surface area contributed by atoms with Crippen molar-refractivity contribution in [2.75, 3.05) is 7.05 Å². The average molecular weight is 329 g/mol. The standard InChI is InChI=1S/C12H11NO4S3/c1-13-20(16,17)11-7-6-10(19-11)18-9-4-2-8(3-5-9)12(14)15/h2-7,13H,1H3,(H,14,15). The van der Waals surface area contributed by atoms with Crippen LogP contribution in [-0.2, 0) is 10.0 Å². The van der Waals surface area contributed by atoms with Crippen molar-refractivity contribution in [3.8, 4) is 0 Å². The lowest BCUT2D eigenvalue weighted by Crippen LogP contribution is -2.17. The molecule has 1 aromatic heterocycles. The van der Waals surface area contributed by atoms with Crippen molar-refractivity contribution in [2.45, 2.75) is 13.3 Å². The average Bonchev–Trinajstić information content (AvgIpc) is 2.88. The first-order valence-electron chi connectivity index (χ1n) is 5.47. The quantitative estimate of drug-likeness (QED) is 0.880. The second kappa shape index (κ2) is 5.96. The molecule has 0 saturated heterocycles. The lowest BCUT2D eigenvalue weighted by Gasteiger charge is -2.00. The monoisotopic (exact) mass is 329 g/mol. The first-order chi connectivity index (χ1) is 9.42. The van der Waals surface area contributed by atoms with E-state index < -0.39 is 16.0 Å². The topological polar surface area (TPSA) is 83.5 Å². The van der Waals surface area contributed by atoms with Crippen LogP contribution in [0.1, 0.15) is 10.4 Å². The van der Waals surface area contributed by atoms with Gasteiger partial charge in [-0.1, -0.05) is 11.8 Å². The Morgan fingerprint density at radius 3 is 2.40 bits per heavy atom. The van der Waals surface area contributed by atoms with Crippen LogP contribution in [0.5, 0.6) is 0 Å². The maximum Gasteiger partial charge on any atom is 0.335 e. The zero-order chi connectivity index (χ0) is 14.8. The van der Waals surface area contributed by atoms with E-state index in [1.54, 1.807) is 24.3 Å². The normalized spacial score (nSPS) is 11.4. The molecule has 0 bridgehead atoms. The van der Waals surface area contributed by atoms with Crippen LogP contribution in [0, 0.1) is 0 Å². The van der Waals surface area contributed by atoms with Crippen molar-refractivity contribution >= 4 is 39.1 Å². The number of thiophene rings is 1. The molecule has 2 aromatic rings. The third kappa shape index (κ3) is 3.40. The second-order valence-corrected chi connectivity index (χ2v) is 8.28. The summed E-state index contributed by atoms with van der Waals surface area (Å²) in [7, 11) is -2.04. The summed E-state index contributed by atoms with van der Waals surface area (Å²) in [4.78, 5) is 11.6. The molecule has 2 N–H and O–H groups in total. The number of carboxylic acid groups (broad SMARTS) is 1. The van der Waals surface area contributed by atoms with Gasteiger partial charge in [0.1, 0.15) is 4.21 Å². The molecule has 1 aromatic carbocycles. The van der Waals surface area contributed by atoms with Crippen LogP contribution in [0.2, 0.25) is 0 Å². The van der Waals surface area contributed by atoms with E-state index in [0.717, 1.165) is 9.10 Å². The fourth-order valence-corrected chi connectivity index (χ4v) is 4.79. The first-order valence-corrected chi connectivity index (χ1v) is 8.58. The fourth-order valence-electron chi connectivity index (χ4n) is 1.38. The minimum atomic E-state index is -3.41. The minimum Gasteiger partial charge on any atom is -0.478 e. The van der Waals surface area contributed by atoms with Gasteiger partial charge in [0, 0.05) is 4.90 Å². The largest absolute Gasteiger partial charge is 0.478 e. The highest BCUT2D eigenvalue weighted by Crippen LogP contribution is 2.35. The number of carboxylic acids is 1. The van der Waals surface area contributed by atoms with Gasteiger partial charge < -0.3 is 5.11 Å². The molecule has 8 heteroatoms. The molecule has 0 spiro atoms. The van der Waals surface area contributed by atoms with Crippen molar-refractivity contribution in [2.24, 2.45) is 0 Å². The predicted octanol–water partition coefficient (Wildman–Crippen LogP) is 2.51. The van der Waals surface area contributed by atoms with Crippen LogP contribution in [0.3, 0.4) is 0 Å². The molecule has 0 fully saturated rings. The van der Waals surface area contributed by atoms with Crippen molar-refractivity contribution < 1.29 is 18.3 Å². The number of nitrogens with one attached hydrogen (secondary N) is 1. The summed E-state index contributed by atoms with van der Waals surface area (Å²) in [5.74, 6) is -0.972. The van der Waals surface area contributed by atoms with Gasteiger partial charge >= 0.3 is 5.97 Å². The number of rotatable bonds is 5. The van der Waals surface area contributed by atoms with Gasteiger partial charge in [-0.2, -0.15) is 0 Å². The smallest absolute Gasteiger partial charge is 0.335 e. The SMILES string of the molecule is CNS(=O)(=O)c1ccc(Sc2ccc(C(=O)O)cc2)s1. The molecule has 0 aliphatic rings. The van der Waals surface area contributed by atoms with Crippen molar-refractivity contribution in [1.29, 1.82) is 0 Å². The summed E-state index contributed by atoms with van der Waals surface area (Å²) in [6, 6.07) is 9.70. The Hall–Kier alpha value is -1.35. The molecule has 0 atom stereocenters. The number of hydrogen-bond donors (Lipinski definition) is 2. The van der Waals surface area contributed by atoms with Crippen LogP contribution in [-0.4, -0.2) is 26.5 Å². The van der Waals surface area contributed by atoms with Crippen LogP contribution < -0.4 is 4.72 Å². The molecule has 5 nitrogen and oxygen atoms in total. The van der Waals surface area contributed by atoms with E-state index in [4.69, 9.17) is 5.11 Å². The molecule has 20 heavy (non-hydrogen) atoms. The van der Waals surface area contributed by atoms with E-state index >= 15 is 0 Å². The molecule has 0 unspecified atom stereocenters. The van der Waals surface area contributed by atoms with Gasteiger partial charge in [-0.05, 0) is 43.4 Å². The Bertz CT molecular complexity index is 719. The Morgan fingerprint density at radius 2 is 1.85 bits per heavy atom. The molecule has 1 heterocycles. The summed E-state index contributed by atoms with van der Waals surface area (Å²) in [6.45, 7) is 0. The Morgan fingerprint density at radius 1 is 1.20 bits per heavy atom. The van der Waals surface area contributed by atoms with Crippen LogP contribution in [0.4, 0.5) is 0 Å². The van der Waals surface area contributed by atoms with Gasteiger partial charge in [0.15, 0.2) is 0 Å². The lowest BCUT2D eigenvalue weighted by molar-refractivity contribution is 0.0697. The number of aromatic carboxylic acids is 1. The van der Waals surface area contributed by atoms with Gasteiger partial charge in [0.05, 0.1) is 9.77 Å². The van der Waals surface area contributed by atoms with Crippen LogP contribution in [0.15, 0.2) is 49.7 Å². The van der Waals surface area contributed by atoms with Crippen molar-refractivity contribution in [3.05, 3.63) is 42.0 Å². The molecule has 0 aliphatic heterocycles. The van der Waals surface area contributed by atoms with E-state index in [1.807, 2.05) is 0 Å².